The Kier molecular flexibility index (Phi) is 7.66. The Morgan fingerprint density at radius 2 is 1.86 bits per heavy atom. The van der Waals surface area contributed by atoms with Crippen molar-refractivity contribution in [2.24, 2.45) is 11.1 Å². The molecule has 2 aromatic heterocycles. The van der Waals surface area contributed by atoms with Gasteiger partial charge in [0, 0.05) is 47.4 Å². The van der Waals surface area contributed by atoms with Gasteiger partial charge in [-0.1, -0.05) is 19.9 Å². The highest BCUT2D eigenvalue weighted by atomic mass is 16.5. The highest BCUT2D eigenvalue weighted by Crippen LogP contribution is 2.48. The van der Waals surface area contributed by atoms with Gasteiger partial charge in [-0.15, -0.1) is 6.58 Å². The third-order valence-electron chi connectivity index (χ3n) is 7.77. The molecule has 11 heteroatoms. The number of carbonyl (C=O) groups excluding carboxylic acids is 3. The van der Waals surface area contributed by atoms with E-state index in [1.54, 1.807) is 30.3 Å². The van der Waals surface area contributed by atoms with Crippen LogP contribution in [-0.4, -0.2) is 46.4 Å². The maximum atomic E-state index is 14.2. The van der Waals surface area contributed by atoms with E-state index >= 15 is 0 Å². The largest absolute Gasteiger partial charge is 0.497 e. The lowest BCUT2D eigenvalue weighted by Gasteiger charge is -2.43. The van der Waals surface area contributed by atoms with Crippen molar-refractivity contribution >= 4 is 28.6 Å². The number of esters is 1. The number of carbonyl (C=O) groups is 3. The Morgan fingerprint density at radius 1 is 1.14 bits per heavy atom. The number of nitrogens with two attached hydrogens (primary N) is 1. The van der Waals surface area contributed by atoms with Crippen LogP contribution in [0.5, 0.6) is 5.75 Å². The number of allylic oxidation sites excluding steroid dienone is 3. The first-order valence-corrected chi connectivity index (χ1v) is 13.7. The molecule has 222 valence electrons. The van der Waals surface area contributed by atoms with E-state index in [9.17, 15) is 19.2 Å². The number of hydrogen-bond donors (Lipinski definition) is 2. The summed E-state index contributed by atoms with van der Waals surface area (Å²) in [4.78, 5) is 58.9. The van der Waals surface area contributed by atoms with Crippen molar-refractivity contribution in [2.75, 3.05) is 14.2 Å². The maximum absolute atomic E-state index is 14.2. The normalized spacial score (nSPS) is 17.9. The number of amides is 1. The number of fused-ring (bicyclic) bond motifs is 1. The molecule has 0 bridgehead atoms. The fraction of sp³-hybridized carbons (Fsp3) is 0.281. The quantitative estimate of drug-likeness (QED) is 0.316. The number of aromatic nitrogens is 2. The van der Waals surface area contributed by atoms with Crippen LogP contribution >= 0.6 is 0 Å². The van der Waals surface area contributed by atoms with Gasteiger partial charge in [0.15, 0.2) is 5.78 Å². The molecule has 3 heterocycles. The summed E-state index contributed by atoms with van der Waals surface area (Å²) in [6, 6.07) is 10.00. The van der Waals surface area contributed by atoms with E-state index in [4.69, 9.17) is 15.2 Å². The second-order valence-corrected chi connectivity index (χ2v) is 11.3. The third kappa shape index (κ3) is 5.18. The number of methoxy groups -OCH3 is 2. The van der Waals surface area contributed by atoms with E-state index in [0.717, 1.165) is 0 Å². The minimum atomic E-state index is -1.15. The van der Waals surface area contributed by atoms with Gasteiger partial charge in [0.25, 0.3) is 11.5 Å². The fourth-order valence-electron chi connectivity index (χ4n) is 5.86. The molecule has 43 heavy (non-hydrogen) atoms. The van der Waals surface area contributed by atoms with Crippen molar-refractivity contribution in [3.63, 3.8) is 0 Å². The van der Waals surface area contributed by atoms with Crippen LogP contribution in [0.1, 0.15) is 48.5 Å². The molecule has 3 aromatic rings. The number of nitrogens with zero attached hydrogens (tertiary/aromatic N) is 3. The average Bonchev–Trinajstić information content (AvgIpc) is 2.98. The van der Waals surface area contributed by atoms with E-state index in [1.807, 2.05) is 13.8 Å². The van der Waals surface area contributed by atoms with Gasteiger partial charge in [-0.25, -0.2) is 9.80 Å². The first kappa shape index (κ1) is 29.3. The number of hydrazine groups is 1. The van der Waals surface area contributed by atoms with Crippen LogP contribution in [-0.2, 0) is 20.9 Å². The predicted octanol–water partition coefficient (Wildman–Crippen LogP) is 3.32. The van der Waals surface area contributed by atoms with Gasteiger partial charge < -0.3 is 19.8 Å². The number of ether oxygens (including phenoxy) is 2. The lowest BCUT2D eigenvalue weighted by Crippen LogP contribution is -2.51. The van der Waals surface area contributed by atoms with Gasteiger partial charge in [0.2, 0.25) is 0 Å². The topological polar surface area (TPSA) is 146 Å². The van der Waals surface area contributed by atoms with Gasteiger partial charge >= 0.3 is 5.97 Å². The molecular weight excluding hydrogens is 550 g/mol. The van der Waals surface area contributed by atoms with Crippen molar-refractivity contribution in [2.45, 2.75) is 39.2 Å². The van der Waals surface area contributed by atoms with Crippen molar-refractivity contribution in [3.05, 3.63) is 106 Å². The Bertz CT molecular complexity index is 1790. The molecule has 3 N–H and O–H groups in total. The number of nitrogens with one attached hydrogen (secondary N) is 1. The van der Waals surface area contributed by atoms with Crippen molar-refractivity contribution in [1.29, 1.82) is 0 Å². The van der Waals surface area contributed by atoms with Crippen LogP contribution < -0.4 is 21.5 Å². The van der Waals surface area contributed by atoms with Crippen molar-refractivity contribution < 1.29 is 23.9 Å². The Labute approximate surface area is 248 Å². The maximum Gasteiger partial charge on any atom is 0.338 e. The van der Waals surface area contributed by atoms with Crippen LogP contribution in [0.25, 0.3) is 10.9 Å². The van der Waals surface area contributed by atoms with Gasteiger partial charge in [-0.05, 0) is 48.2 Å². The summed E-state index contributed by atoms with van der Waals surface area (Å²) in [7, 11) is 2.73. The molecule has 1 aliphatic carbocycles. The Balaban J connectivity index is 1.81. The zero-order valence-corrected chi connectivity index (χ0v) is 24.5. The van der Waals surface area contributed by atoms with Crippen molar-refractivity contribution in [1.82, 2.24) is 20.0 Å². The summed E-state index contributed by atoms with van der Waals surface area (Å²) in [6.45, 7) is 7.84. The number of ketones is 1. The molecule has 1 unspecified atom stereocenters. The number of hydrogen-bond acceptors (Lipinski definition) is 9. The molecule has 2 aliphatic rings. The first-order valence-electron chi connectivity index (χ1n) is 13.7. The predicted molar refractivity (Wildman–Crippen MR) is 160 cm³/mol. The summed E-state index contributed by atoms with van der Waals surface area (Å²) in [6.07, 6.45) is 5.03. The summed E-state index contributed by atoms with van der Waals surface area (Å²) < 4.78 is 12.1. The minimum Gasteiger partial charge on any atom is -0.497 e. The lowest BCUT2D eigenvalue weighted by molar-refractivity contribution is -0.136. The average molecular weight is 584 g/mol. The first-order chi connectivity index (χ1) is 20.5. The van der Waals surface area contributed by atoms with E-state index in [0.29, 0.717) is 34.3 Å². The highest BCUT2D eigenvalue weighted by molar-refractivity contribution is 6.04. The number of rotatable bonds is 7. The van der Waals surface area contributed by atoms with E-state index in [1.165, 1.54) is 48.3 Å². The number of Topliss-reactive ketones (excluding diaryl/α,β-unsaturated/α-hetero) is 1. The third-order valence-corrected chi connectivity index (χ3v) is 7.77. The number of pyridine rings is 2. The lowest BCUT2D eigenvalue weighted by atomic mass is 9.69. The van der Waals surface area contributed by atoms with Gasteiger partial charge in [0.05, 0.1) is 36.9 Å². The van der Waals surface area contributed by atoms with Gasteiger partial charge in [0.1, 0.15) is 11.6 Å². The Hall–Kier alpha value is -5.19. The molecule has 1 atom stereocenters. The van der Waals surface area contributed by atoms with Crippen LogP contribution in [0.4, 0.5) is 0 Å². The van der Waals surface area contributed by atoms with E-state index < -0.39 is 28.8 Å². The Morgan fingerprint density at radius 3 is 2.51 bits per heavy atom. The molecule has 11 nitrogen and oxygen atoms in total. The van der Waals surface area contributed by atoms with E-state index in [2.05, 4.69) is 17.0 Å². The monoisotopic (exact) mass is 583 g/mol. The standard InChI is InChI=1S/C32H33N5O6/c1-6-13-36-22-8-7-20(42-4)14-19(22)15-21(30(36)40)25-26-23(16-32(2,3)17-24(26)38)37(28(33)27(25)31(41)43-5)35-29(39)18-9-11-34-12-10-18/h6-12,14-15,25H,1,13,16-17,33H2,2-5H3,(H,35,39). The van der Waals surface area contributed by atoms with Crippen LogP contribution in [0, 0.1) is 5.41 Å². The molecule has 0 radical (unpaired) electrons. The molecule has 0 saturated heterocycles. The van der Waals surface area contributed by atoms with Crippen LogP contribution in [0.3, 0.4) is 0 Å². The molecular formula is C32H33N5O6. The van der Waals surface area contributed by atoms with Crippen LogP contribution in [0.2, 0.25) is 0 Å². The summed E-state index contributed by atoms with van der Waals surface area (Å²) in [5.74, 6) is -2.37. The minimum absolute atomic E-state index is 0.131. The summed E-state index contributed by atoms with van der Waals surface area (Å²) in [5, 5.41) is 1.93. The summed E-state index contributed by atoms with van der Waals surface area (Å²) in [5.41, 5.74) is 10.1. The zero-order valence-electron chi connectivity index (χ0n) is 24.5. The molecule has 1 amide bonds. The summed E-state index contributed by atoms with van der Waals surface area (Å²) >= 11 is 0. The molecule has 1 aromatic carbocycles. The zero-order chi connectivity index (χ0) is 31.1. The second kappa shape index (κ2) is 11.2. The SMILES string of the molecule is C=CCn1c(=O)c(C2C(C(=O)OC)=C(N)N(NC(=O)c3ccncc3)C3=C2C(=O)CC(C)(C)C3)cc2cc(OC)ccc21. The van der Waals surface area contributed by atoms with E-state index in [-0.39, 0.29) is 41.3 Å². The molecule has 5 rings (SSSR count). The van der Waals surface area contributed by atoms with Crippen LogP contribution in [0.15, 0.2) is 88.9 Å². The number of benzene rings is 1. The smallest absolute Gasteiger partial charge is 0.338 e. The fourth-order valence-corrected chi connectivity index (χ4v) is 5.86. The molecule has 0 spiro atoms. The molecule has 0 fully saturated rings. The highest BCUT2D eigenvalue weighted by Gasteiger charge is 2.47. The molecule has 0 saturated carbocycles. The van der Waals surface area contributed by atoms with Gasteiger partial charge in [-0.3, -0.25) is 24.8 Å². The second-order valence-electron chi connectivity index (χ2n) is 11.3. The van der Waals surface area contributed by atoms with Crippen molar-refractivity contribution in [3.8, 4) is 5.75 Å². The van der Waals surface area contributed by atoms with Gasteiger partial charge in [-0.2, -0.15) is 0 Å². The molecule has 1 aliphatic heterocycles.